The molecule has 3 aromatic carbocycles. The molecule has 0 aliphatic rings. The predicted molar refractivity (Wildman–Crippen MR) is 136 cm³/mol. The fourth-order valence-corrected chi connectivity index (χ4v) is 5.30. The van der Waals surface area contributed by atoms with Crippen LogP contribution in [-0.2, 0) is 14.8 Å². The number of aryl methyl sites for hydroxylation is 2. The van der Waals surface area contributed by atoms with E-state index in [1.165, 1.54) is 0 Å². The number of benzene rings is 3. The summed E-state index contributed by atoms with van der Waals surface area (Å²) in [7, 11) is -4.02. The summed E-state index contributed by atoms with van der Waals surface area (Å²) in [4.78, 5) is 13.3. The lowest BCUT2D eigenvalue weighted by Crippen LogP contribution is -2.38. The molecule has 0 saturated heterocycles. The lowest BCUT2D eigenvalue weighted by molar-refractivity contribution is -0.114. The first-order valence-electron chi connectivity index (χ1n) is 10.8. The van der Waals surface area contributed by atoms with E-state index in [-0.39, 0.29) is 17.4 Å². The van der Waals surface area contributed by atoms with Gasteiger partial charge in [0, 0.05) is 10.7 Å². The fraction of sp³-hybridized carbons (Fsp3) is 0.269. The third-order valence-corrected chi connectivity index (χ3v) is 7.78. The van der Waals surface area contributed by atoms with Gasteiger partial charge >= 0.3 is 0 Å². The molecule has 0 aliphatic heterocycles. The third-order valence-electron chi connectivity index (χ3n) is 5.60. The second kappa shape index (κ2) is 9.98. The first-order valence-corrected chi connectivity index (χ1v) is 12.6. The summed E-state index contributed by atoms with van der Waals surface area (Å²) in [6, 6.07) is 17.4. The van der Waals surface area contributed by atoms with Crippen molar-refractivity contribution in [2.75, 3.05) is 16.2 Å². The van der Waals surface area contributed by atoms with Gasteiger partial charge in [0.1, 0.15) is 6.54 Å². The van der Waals surface area contributed by atoms with Gasteiger partial charge in [0.15, 0.2) is 0 Å². The summed E-state index contributed by atoms with van der Waals surface area (Å²) in [6.07, 6.45) is 0. The van der Waals surface area contributed by atoms with E-state index < -0.39 is 15.9 Å². The molecule has 3 aromatic rings. The quantitative estimate of drug-likeness (QED) is 0.432. The Balaban J connectivity index is 2.04. The first-order chi connectivity index (χ1) is 15.5. The maximum absolute atomic E-state index is 13.6. The molecule has 0 unspecified atom stereocenters. The van der Waals surface area contributed by atoms with Crippen LogP contribution in [0.1, 0.15) is 42.0 Å². The number of nitrogens with one attached hydrogen (secondary N) is 1. The van der Waals surface area contributed by atoms with Gasteiger partial charge in [0.05, 0.1) is 10.6 Å². The summed E-state index contributed by atoms with van der Waals surface area (Å²) >= 11 is 6.30. The highest BCUT2D eigenvalue weighted by Gasteiger charge is 2.29. The Morgan fingerprint density at radius 2 is 1.61 bits per heavy atom. The van der Waals surface area contributed by atoms with Gasteiger partial charge in [-0.1, -0.05) is 67.4 Å². The maximum atomic E-state index is 13.6. The van der Waals surface area contributed by atoms with Gasteiger partial charge in [-0.25, -0.2) is 8.42 Å². The molecule has 174 valence electrons. The molecule has 0 fully saturated rings. The Kier molecular flexibility index (Phi) is 7.50. The van der Waals surface area contributed by atoms with Crippen molar-refractivity contribution in [1.29, 1.82) is 0 Å². The molecule has 0 spiro atoms. The Hall–Kier alpha value is -2.83. The monoisotopic (exact) mass is 484 g/mol. The zero-order chi connectivity index (χ0) is 24.3. The first kappa shape index (κ1) is 24.8. The Labute approximate surface area is 201 Å². The summed E-state index contributed by atoms with van der Waals surface area (Å²) < 4.78 is 28.4. The minimum atomic E-state index is -4.02. The molecule has 7 heteroatoms. The number of carbonyl (C=O) groups is 1. The second-order valence-corrected chi connectivity index (χ2v) is 10.7. The van der Waals surface area contributed by atoms with Gasteiger partial charge in [-0.2, -0.15) is 0 Å². The van der Waals surface area contributed by atoms with E-state index in [9.17, 15) is 13.2 Å². The third kappa shape index (κ3) is 5.40. The Bertz CT molecular complexity index is 1270. The van der Waals surface area contributed by atoms with Crippen molar-refractivity contribution in [3.8, 4) is 0 Å². The van der Waals surface area contributed by atoms with E-state index in [2.05, 4.69) is 5.32 Å². The number of halogens is 1. The van der Waals surface area contributed by atoms with Crippen molar-refractivity contribution in [3.05, 3.63) is 87.9 Å². The molecule has 0 aromatic heterocycles. The molecule has 0 bridgehead atoms. The number of hydrogen-bond donors (Lipinski definition) is 1. The number of amides is 1. The molecule has 0 saturated carbocycles. The summed E-state index contributed by atoms with van der Waals surface area (Å²) in [5.74, 6) is -0.232. The molecular weight excluding hydrogens is 456 g/mol. The smallest absolute Gasteiger partial charge is 0.264 e. The van der Waals surface area contributed by atoms with Crippen LogP contribution in [0.4, 0.5) is 11.4 Å². The van der Waals surface area contributed by atoms with E-state index in [1.54, 1.807) is 49.4 Å². The largest absolute Gasteiger partial charge is 0.324 e. The highest BCUT2D eigenvalue weighted by atomic mass is 35.5. The predicted octanol–water partition coefficient (Wildman–Crippen LogP) is 6.22. The molecule has 3 rings (SSSR count). The van der Waals surface area contributed by atoms with E-state index >= 15 is 0 Å². The van der Waals surface area contributed by atoms with Crippen LogP contribution in [0.2, 0.25) is 5.02 Å². The highest BCUT2D eigenvalue weighted by Crippen LogP contribution is 2.32. The van der Waals surface area contributed by atoms with Crippen LogP contribution in [0.25, 0.3) is 0 Å². The number of carbonyl (C=O) groups excluding carboxylic acids is 1. The molecule has 5 nitrogen and oxygen atoms in total. The summed E-state index contributed by atoms with van der Waals surface area (Å²) in [5, 5.41) is 3.38. The van der Waals surface area contributed by atoms with Gasteiger partial charge in [0.2, 0.25) is 5.91 Å². The van der Waals surface area contributed by atoms with E-state index in [4.69, 9.17) is 11.6 Å². The van der Waals surface area contributed by atoms with Crippen LogP contribution >= 0.6 is 11.6 Å². The lowest BCUT2D eigenvalue weighted by atomic mass is 9.98. The maximum Gasteiger partial charge on any atom is 0.264 e. The summed E-state index contributed by atoms with van der Waals surface area (Å²) in [6.45, 7) is 9.26. The van der Waals surface area contributed by atoms with Crippen molar-refractivity contribution in [2.24, 2.45) is 0 Å². The fourth-order valence-electron chi connectivity index (χ4n) is 3.66. The molecular formula is C26H29ClN2O3S. The zero-order valence-corrected chi connectivity index (χ0v) is 21.1. The van der Waals surface area contributed by atoms with E-state index in [0.717, 1.165) is 21.0 Å². The SMILES string of the molecule is Cc1ccc(S(=O)(=O)N(CC(=O)Nc2c(C)cccc2C(C)C)c2cccc(Cl)c2C)cc1. The lowest BCUT2D eigenvalue weighted by Gasteiger charge is -2.26. The molecule has 0 aliphatic carbocycles. The van der Waals surface area contributed by atoms with Crippen LogP contribution in [-0.4, -0.2) is 20.9 Å². The van der Waals surface area contributed by atoms with Gasteiger partial charge in [-0.15, -0.1) is 0 Å². The van der Waals surface area contributed by atoms with Crippen LogP contribution in [0.15, 0.2) is 65.6 Å². The number of hydrogen-bond acceptors (Lipinski definition) is 3. The number of nitrogens with zero attached hydrogens (tertiary/aromatic N) is 1. The van der Waals surface area contributed by atoms with Crippen LogP contribution in [0.5, 0.6) is 0 Å². The Morgan fingerprint density at radius 1 is 0.970 bits per heavy atom. The van der Waals surface area contributed by atoms with Crippen molar-refractivity contribution in [2.45, 2.75) is 45.4 Å². The van der Waals surface area contributed by atoms with Crippen molar-refractivity contribution < 1.29 is 13.2 Å². The van der Waals surface area contributed by atoms with Crippen molar-refractivity contribution in [3.63, 3.8) is 0 Å². The zero-order valence-electron chi connectivity index (χ0n) is 19.5. The molecule has 1 N–H and O–H groups in total. The number of rotatable bonds is 7. The molecule has 1 amide bonds. The normalized spacial score (nSPS) is 11.5. The van der Waals surface area contributed by atoms with Crippen LogP contribution in [0.3, 0.4) is 0 Å². The van der Waals surface area contributed by atoms with Crippen LogP contribution in [0, 0.1) is 20.8 Å². The van der Waals surface area contributed by atoms with E-state index in [1.807, 2.05) is 45.9 Å². The number of para-hydroxylation sites is 1. The molecule has 0 atom stereocenters. The standard InChI is InChI=1S/C26H29ClN2O3S/c1-17(2)22-9-6-8-19(4)26(22)28-25(30)16-29(24-11-7-10-23(27)20(24)5)33(31,32)21-14-12-18(3)13-15-21/h6-15,17H,16H2,1-5H3,(H,28,30). The minimum absolute atomic E-state index is 0.110. The number of sulfonamides is 1. The highest BCUT2D eigenvalue weighted by molar-refractivity contribution is 7.92. The molecule has 0 radical (unpaired) electrons. The van der Waals surface area contributed by atoms with Gasteiger partial charge in [0.25, 0.3) is 10.0 Å². The second-order valence-electron chi connectivity index (χ2n) is 8.45. The van der Waals surface area contributed by atoms with Gasteiger partial charge in [-0.3, -0.25) is 9.10 Å². The average molecular weight is 485 g/mol. The van der Waals surface area contributed by atoms with Crippen molar-refractivity contribution in [1.82, 2.24) is 0 Å². The molecule has 0 heterocycles. The van der Waals surface area contributed by atoms with Gasteiger partial charge in [-0.05, 0) is 67.6 Å². The van der Waals surface area contributed by atoms with Crippen molar-refractivity contribution >= 4 is 38.9 Å². The topological polar surface area (TPSA) is 66.5 Å². The van der Waals surface area contributed by atoms with Gasteiger partial charge < -0.3 is 5.32 Å². The Morgan fingerprint density at radius 3 is 2.24 bits per heavy atom. The van der Waals surface area contributed by atoms with Crippen LogP contribution < -0.4 is 9.62 Å². The number of anilines is 2. The molecule has 33 heavy (non-hydrogen) atoms. The van der Waals surface area contributed by atoms with E-state index in [0.29, 0.717) is 22.0 Å². The average Bonchev–Trinajstić information content (AvgIpc) is 2.75. The minimum Gasteiger partial charge on any atom is -0.324 e. The summed E-state index contributed by atoms with van der Waals surface area (Å²) in [5.41, 5.74) is 4.52.